The summed E-state index contributed by atoms with van der Waals surface area (Å²) in [6, 6.07) is 4.39. The molecule has 4 nitrogen and oxygen atoms in total. The lowest BCUT2D eigenvalue weighted by Gasteiger charge is -2.17. The summed E-state index contributed by atoms with van der Waals surface area (Å²) in [4.78, 5) is 11.9. The van der Waals surface area contributed by atoms with E-state index in [1.165, 1.54) is 5.56 Å². The predicted molar refractivity (Wildman–Crippen MR) is 86.7 cm³/mol. The Kier molecular flexibility index (Phi) is 7.23. The van der Waals surface area contributed by atoms with E-state index in [2.05, 4.69) is 31.3 Å². The maximum Gasteiger partial charge on any atom is 0.258 e. The number of carbonyl (C=O) groups excluding carboxylic acids is 1. The first-order valence-corrected chi connectivity index (χ1v) is 7.74. The average Bonchev–Trinajstić information content (AvgIpc) is 2.44. The molecule has 0 atom stereocenters. The van der Waals surface area contributed by atoms with Crippen molar-refractivity contribution in [3.8, 4) is 5.75 Å². The molecule has 0 aliphatic carbocycles. The lowest BCUT2D eigenvalue weighted by atomic mass is 10.0. The number of carbonyl (C=O) groups is 1. The van der Waals surface area contributed by atoms with Crippen LogP contribution >= 0.6 is 0 Å². The second kappa shape index (κ2) is 8.67. The molecule has 0 unspecified atom stereocenters. The minimum Gasteiger partial charge on any atom is -0.483 e. The van der Waals surface area contributed by atoms with Gasteiger partial charge in [0.05, 0.1) is 0 Å². The first-order valence-electron chi connectivity index (χ1n) is 7.74. The molecule has 118 valence electrons. The highest BCUT2D eigenvalue weighted by Gasteiger charge is 2.11. The molecule has 0 heterocycles. The van der Waals surface area contributed by atoms with Crippen LogP contribution in [0.15, 0.2) is 12.1 Å². The van der Waals surface area contributed by atoms with Crippen LogP contribution in [0.25, 0.3) is 0 Å². The predicted octanol–water partition coefficient (Wildman–Crippen LogP) is 2.49. The van der Waals surface area contributed by atoms with Gasteiger partial charge in [-0.25, -0.2) is 0 Å². The zero-order valence-corrected chi connectivity index (χ0v) is 13.7. The maximum atomic E-state index is 11.9. The van der Waals surface area contributed by atoms with E-state index >= 15 is 0 Å². The average molecular weight is 292 g/mol. The summed E-state index contributed by atoms with van der Waals surface area (Å²) in [5, 5.41) is 2.98. The highest BCUT2D eigenvalue weighted by atomic mass is 16.5. The first-order chi connectivity index (χ1) is 10.0. The summed E-state index contributed by atoms with van der Waals surface area (Å²) in [7, 11) is 0. The fourth-order valence-corrected chi connectivity index (χ4v) is 2.48. The summed E-state index contributed by atoms with van der Waals surface area (Å²) in [5.74, 6) is 0.740. The first kappa shape index (κ1) is 17.5. The quantitative estimate of drug-likeness (QED) is 0.773. The van der Waals surface area contributed by atoms with E-state index in [0.29, 0.717) is 6.54 Å². The van der Waals surface area contributed by atoms with Crippen LogP contribution in [0.5, 0.6) is 5.75 Å². The van der Waals surface area contributed by atoms with Gasteiger partial charge in [-0.3, -0.25) is 4.79 Å². The van der Waals surface area contributed by atoms with Crippen molar-refractivity contribution < 1.29 is 9.53 Å². The molecular weight excluding hydrogens is 264 g/mol. The standard InChI is InChI=1S/C17H28N2O2/c1-5-15(6-2)19-16(20)11-21-17-12(3)9-14(7-8-18)10-13(17)4/h9-10,15H,5-8,11,18H2,1-4H3,(H,19,20). The number of nitrogens with two attached hydrogens (primary N) is 1. The summed E-state index contributed by atoms with van der Waals surface area (Å²) < 4.78 is 5.71. The van der Waals surface area contributed by atoms with E-state index < -0.39 is 0 Å². The van der Waals surface area contributed by atoms with Crippen LogP contribution in [0.1, 0.15) is 43.4 Å². The topological polar surface area (TPSA) is 64.3 Å². The van der Waals surface area contributed by atoms with Crippen molar-refractivity contribution in [2.45, 2.75) is 53.0 Å². The lowest BCUT2D eigenvalue weighted by molar-refractivity contribution is -0.123. The Balaban J connectivity index is 2.65. The fraction of sp³-hybridized carbons (Fsp3) is 0.588. The van der Waals surface area contributed by atoms with Gasteiger partial charge in [0, 0.05) is 6.04 Å². The number of ether oxygens (including phenoxy) is 1. The van der Waals surface area contributed by atoms with Crippen molar-refractivity contribution in [1.29, 1.82) is 0 Å². The third-order valence-corrected chi connectivity index (χ3v) is 3.65. The van der Waals surface area contributed by atoms with Crippen molar-refractivity contribution in [3.05, 3.63) is 28.8 Å². The Morgan fingerprint density at radius 2 is 1.81 bits per heavy atom. The van der Waals surface area contributed by atoms with Crippen molar-refractivity contribution in [2.24, 2.45) is 5.73 Å². The number of hydrogen-bond acceptors (Lipinski definition) is 3. The second-order valence-electron chi connectivity index (χ2n) is 5.47. The molecule has 1 amide bonds. The van der Waals surface area contributed by atoms with Gasteiger partial charge in [0.15, 0.2) is 6.61 Å². The molecule has 0 spiro atoms. The van der Waals surface area contributed by atoms with E-state index in [-0.39, 0.29) is 18.6 Å². The molecule has 0 aromatic heterocycles. The van der Waals surface area contributed by atoms with Gasteiger partial charge in [0.2, 0.25) is 0 Å². The van der Waals surface area contributed by atoms with Gasteiger partial charge in [0.25, 0.3) is 5.91 Å². The molecule has 21 heavy (non-hydrogen) atoms. The Morgan fingerprint density at radius 1 is 1.24 bits per heavy atom. The monoisotopic (exact) mass is 292 g/mol. The Hall–Kier alpha value is -1.55. The molecule has 0 radical (unpaired) electrons. The lowest BCUT2D eigenvalue weighted by Crippen LogP contribution is -2.37. The van der Waals surface area contributed by atoms with Crippen LogP contribution in [0, 0.1) is 13.8 Å². The third-order valence-electron chi connectivity index (χ3n) is 3.65. The molecule has 0 bridgehead atoms. The van der Waals surface area contributed by atoms with Crippen molar-refractivity contribution in [1.82, 2.24) is 5.32 Å². The minimum atomic E-state index is -0.0615. The van der Waals surface area contributed by atoms with Gasteiger partial charge in [-0.2, -0.15) is 0 Å². The van der Waals surface area contributed by atoms with E-state index in [9.17, 15) is 4.79 Å². The number of nitrogens with one attached hydrogen (secondary N) is 1. The smallest absolute Gasteiger partial charge is 0.258 e. The molecule has 0 saturated carbocycles. The number of amides is 1. The SMILES string of the molecule is CCC(CC)NC(=O)COc1c(C)cc(CCN)cc1C. The molecule has 1 aromatic rings. The van der Waals surface area contributed by atoms with E-state index in [4.69, 9.17) is 10.5 Å². The fourth-order valence-electron chi connectivity index (χ4n) is 2.48. The Morgan fingerprint density at radius 3 is 2.29 bits per heavy atom. The van der Waals surface area contributed by atoms with Crippen LogP contribution < -0.4 is 15.8 Å². The van der Waals surface area contributed by atoms with Crippen molar-refractivity contribution >= 4 is 5.91 Å². The molecule has 1 aromatic carbocycles. The van der Waals surface area contributed by atoms with Gasteiger partial charge in [-0.05, 0) is 56.3 Å². The molecule has 0 fully saturated rings. The zero-order chi connectivity index (χ0) is 15.8. The summed E-state index contributed by atoms with van der Waals surface area (Å²) in [6.45, 7) is 8.84. The number of hydrogen-bond donors (Lipinski definition) is 2. The van der Waals surface area contributed by atoms with E-state index in [0.717, 1.165) is 36.1 Å². The summed E-state index contributed by atoms with van der Waals surface area (Å²) in [6.07, 6.45) is 2.74. The molecule has 0 saturated heterocycles. The van der Waals surface area contributed by atoms with Gasteiger partial charge < -0.3 is 15.8 Å². The second-order valence-corrected chi connectivity index (χ2v) is 5.47. The molecule has 0 aliphatic heterocycles. The number of aryl methyl sites for hydroxylation is 2. The van der Waals surface area contributed by atoms with Gasteiger partial charge in [0.1, 0.15) is 5.75 Å². The molecule has 3 N–H and O–H groups in total. The van der Waals surface area contributed by atoms with Crippen LogP contribution in [0.2, 0.25) is 0 Å². The molecule has 0 aliphatic rings. The Bertz CT molecular complexity index is 445. The Labute approximate surface area is 128 Å². The number of benzene rings is 1. The molecular formula is C17H28N2O2. The maximum absolute atomic E-state index is 11.9. The highest BCUT2D eigenvalue weighted by Crippen LogP contribution is 2.25. The van der Waals surface area contributed by atoms with Crippen molar-refractivity contribution in [3.63, 3.8) is 0 Å². The molecule has 1 rings (SSSR count). The van der Waals surface area contributed by atoms with Crippen LogP contribution in [-0.2, 0) is 11.2 Å². The summed E-state index contributed by atoms with van der Waals surface area (Å²) in [5.41, 5.74) is 8.89. The van der Waals surface area contributed by atoms with Crippen molar-refractivity contribution in [2.75, 3.05) is 13.2 Å². The summed E-state index contributed by atoms with van der Waals surface area (Å²) >= 11 is 0. The normalized spacial score (nSPS) is 10.8. The zero-order valence-electron chi connectivity index (χ0n) is 13.7. The molecule has 4 heteroatoms. The third kappa shape index (κ3) is 5.38. The largest absolute Gasteiger partial charge is 0.483 e. The van der Waals surface area contributed by atoms with Crippen LogP contribution in [0.3, 0.4) is 0 Å². The van der Waals surface area contributed by atoms with Crippen LogP contribution in [-0.4, -0.2) is 25.1 Å². The number of rotatable bonds is 8. The van der Waals surface area contributed by atoms with E-state index in [1.807, 2.05) is 13.8 Å². The highest BCUT2D eigenvalue weighted by molar-refractivity contribution is 5.77. The van der Waals surface area contributed by atoms with Gasteiger partial charge in [-0.15, -0.1) is 0 Å². The van der Waals surface area contributed by atoms with Gasteiger partial charge in [-0.1, -0.05) is 26.0 Å². The minimum absolute atomic E-state index is 0.0615. The van der Waals surface area contributed by atoms with Crippen LogP contribution in [0.4, 0.5) is 0 Å². The van der Waals surface area contributed by atoms with E-state index in [1.54, 1.807) is 0 Å². The van der Waals surface area contributed by atoms with Gasteiger partial charge >= 0.3 is 0 Å².